The number of benzene rings is 1. The zero-order chi connectivity index (χ0) is 21.2. The van der Waals surface area contributed by atoms with Crippen molar-refractivity contribution in [2.75, 3.05) is 20.8 Å². The summed E-state index contributed by atoms with van der Waals surface area (Å²) in [6.45, 7) is 2.58. The second-order valence-corrected chi connectivity index (χ2v) is 6.71. The van der Waals surface area contributed by atoms with Crippen LogP contribution in [0.15, 0.2) is 33.7 Å². The van der Waals surface area contributed by atoms with E-state index in [9.17, 15) is 9.59 Å². The van der Waals surface area contributed by atoms with Gasteiger partial charge >= 0.3 is 0 Å². The molecule has 154 valence electrons. The second kappa shape index (κ2) is 10.9. The van der Waals surface area contributed by atoms with E-state index < -0.39 is 5.91 Å². The Kier molecular flexibility index (Phi) is 8.26. The van der Waals surface area contributed by atoms with Crippen molar-refractivity contribution in [3.63, 3.8) is 0 Å². The molecule has 0 radical (unpaired) electrons. The number of thiazole rings is 1. The van der Waals surface area contributed by atoms with Gasteiger partial charge in [0, 0.05) is 42.1 Å². The minimum atomic E-state index is -0.461. The number of amides is 2. The zero-order valence-corrected chi connectivity index (χ0v) is 17.2. The Hall–Kier alpha value is -3.30. The molecule has 10 nitrogen and oxygen atoms in total. The Bertz CT molecular complexity index is 990. The van der Waals surface area contributed by atoms with Gasteiger partial charge < -0.3 is 19.4 Å². The molecule has 1 aromatic carbocycles. The Morgan fingerprint density at radius 3 is 2.76 bits per heavy atom. The summed E-state index contributed by atoms with van der Waals surface area (Å²) in [7, 11) is 3.00. The molecule has 0 saturated carbocycles. The number of carbonyl (C=O) groups is 2. The van der Waals surface area contributed by atoms with Crippen molar-refractivity contribution >= 4 is 23.2 Å². The molecule has 1 N–H and O–H groups in total. The number of nitrogens with one attached hydrogen (secondary N) is 1. The highest BCUT2D eigenvalue weighted by Crippen LogP contribution is 2.25. The predicted molar refractivity (Wildman–Crippen MR) is 108 cm³/mol. The van der Waals surface area contributed by atoms with Crippen molar-refractivity contribution in [1.82, 2.24) is 9.88 Å². The predicted octanol–water partition coefficient (Wildman–Crippen LogP) is 2.64. The average Bonchev–Trinajstić information content (AvgIpc) is 3.09. The van der Waals surface area contributed by atoms with Gasteiger partial charge in [0.05, 0.1) is 26.3 Å². The number of azide groups is 1. The molecule has 29 heavy (non-hydrogen) atoms. The molecule has 1 heterocycles. The first-order chi connectivity index (χ1) is 14.0. The Morgan fingerprint density at radius 1 is 1.31 bits per heavy atom. The molecule has 0 spiro atoms. The number of hydrogen-bond acceptors (Lipinski definition) is 6. The Morgan fingerprint density at radius 2 is 2.10 bits per heavy atom. The molecule has 2 rings (SSSR count). The molecule has 0 fully saturated rings. The quantitative estimate of drug-likeness (QED) is 0.290. The molecule has 0 aliphatic rings. The SMILES string of the molecule is COc1ccc(C(=O)N=c2scc(CN=[N+]=[N-])n2CCCNC(C)=O)c(OC)c1. The second-order valence-electron chi connectivity index (χ2n) is 5.87. The van der Waals surface area contributed by atoms with E-state index in [4.69, 9.17) is 15.0 Å². The fraction of sp³-hybridized carbons (Fsp3) is 0.389. The van der Waals surface area contributed by atoms with Crippen molar-refractivity contribution in [3.8, 4) is 11.5 Å². The lowest BCUT2D eigenvalue weighted by atomic mass is 10.2. The fourth-order valence-electron chi connectivity index (χ4n) is 2.55. The van der Waals surface area contributed by atoms with Crippen LogP contribution in [0.4, 0.5) is 0 Å². The van der Waals surface area contributed by atoms with Gasteiger partial charge in [0.2, 0.25) is 5.91 Å². The smallest absolute Gasteiger partial charge is 0.283 e. The van der Waals surface area contributed by atoms with E-state index in [1.807, 2.05) is 4.57 Å². The molecule has 2 aromatic rings. The van der Waals surface area contributed by atoms with Gasteiger partial charge in [0.15, 0.2) is 4.80 Å². The Labute approximate surface area is 171 Å². The van der Waals surface area contributed by atoms with Crippen LogP contribution in [0.1, 0.15) is 29.4 Å². The summed E-state index contributed by atoms with van der Waals surface area (Å²) in [5.74, 6) is 0.360. The van der Waals surface area contributed by atoms with Crippen LogP contribution in [-0.2, 0) is 17.9 Å². The monoisotopic (exact) mass is 418 g/mol. The molecule has 2 amide bonds. The van der Waals surface area contributed by atoms with Crippen LogP contribution in [0, 0.1) is 0 Å². The number of ether oxygens (including phenoxy) is 2. The summed E-state index contributed by atoms with van der Waals surface area (Å²) in [6.07, 6.45) is 0.632. The summed E-state index contributed by atoms with van der Waals surface area (Å²) in [4.78, 5) is 31.3. The molecule has 0 bridgehead atoms. The van der Waals surface area contributed by atoms with Gasteiger partial charge in [0.25, 0.3) is 5.91 Å². The van der Waals surface area contributed by atoms with Crippen molar-refractivity contribution in [2.24, 2.45) is 10.1 Å². The fourth-order valence-corrected chi connectivity index (χ4v) is 3.46. The zero-order valence-electron chi connectivity index (χ0n) is 16.4. The van der Waals surface area contributed by atoms with Crippen LogP contribution in [0.3, 0.4) is 0 Å². The third-order valence-corrected chi connectivity index (χ3v) is 4.86. The minimum Gasteiger partial charge on any atom is -0.497 e. The largest absolute Gasteiger partial charge is 0.497 e. The molecule has 0 atom stereocenters. The van der Waals surface area contributed by atoms with Crippen LogP contribution in [0.5, 0.6) is 11.5 Å². The summed E-state index contributed by atoms with van der Waals surface area (Å²) >= 11 is 1.27. The van der Waals surface area contributed by atoms with Crippen LogP contribution >= 0.6 is 11.3 Å². The number of hydrogen-bond donors (Lipinski definition) is 1. The highest BCUT2D eigenvalue weighted by Gasteiger charge is 2.14. The number of methoxy groups -OCH3 is 2. The lowest BCUT2D eigenvalue weighted by molar-refractivity contribution is -0.118. The molecule has 0 aliphatic carbocycles. The topological polar surface area (TPSA) is 131 Å². The lowest BCUT2D eigenvalue weighted by Crippen LogP contribution is -2.25. The van der Waals surface area contributed by atoms with Crippen molar-refractivity contribution in [1.29, 1.82) is 0 Å². The molecule has 0 unspecified atom stereocenters. The van der Waals surface area contributed by atoms with E-state index in [0.717, 1.165) is 5.69 Å². The van der Waals surface area contributed by atoms with Crippen molar-refractivity contribution < 1.29 is 19.1 Å². The Balaban J connectivity index is 2.35. The van der Waals surface area contributed by atoms with Gasteiger partial charge in [0.1, 0.15) is 11.5 Å². The van der Waals surface area contributed by atoms with E-state index in [1.165, 1.54) is 32.5 Å². The molecular weight excluding hydrogens is 396 g/mol. The lowest BCUT2D eigenvalue weighted by Gasteiger charge is -2.09. The van der Waals surface area contributed by atoms with Crippen LogP contribution in [-0.4, -0.2) is 37.1 Å². The summed E-state index contributed by atoms with van der Waals surface area (Å²) in [5, 5.41) is 8.11. The maximum Gasteiger partial charge on any atom is 0.283 e. The summed E-state index contributed by atoms with van der Waals surface area (Å²) in [5.41, 5.74) is 9.65. The van der Waals surface area contributed by atoms with E-state index in [-0.39, 0.29) is 12.5 Å². The van der Waals surface area contributed by atoms with Crippen LogP contribution < -0.4 is 19.6 Å². The molecule has 11 heteroatoms. The van der Waals surface area contributed by atoms with Crippen molar-refractivity contribution in [2.45, 2.75) is 26.4 Å². The average molecular weight is 418 g/mol. The molecule has 0 saturated heterocycles. The van der Waals surface area contributed by atoms with E-state index in [1.54, 1.807) is 23.6 Å². The number of nitrogens with zero attached hydrogens (tertiary/aromatic N) is 5. The van der Waals surface area contributed by atoms with Gasteiger partial charge in [-0.2, -0.15) is 4.99 Å². The first-order valence-corrected chi connectivity index (χ1v) is 9.61. The molecule has 0 aliphatic heterocycles. The number of aromatic nitrogens is 1. The maximum absolute atomic E-state index is 12.8. The summed E-state index contributed by atoms with van der Waals surface area (Å²) < 4.78 is 12.2. The summed E-state index contributed by atoms with van der Waals surface area (Å²) in [6, 6.07) is 4.87. The third kappa shape index (κ3) is 6.09. The number of carbonyl (C=O) groups excluding carboxylic acids is 2. The van der Waals surface area contributed by atoms with Crippen molar-refractivity contribution in [3.05, 3.63) is 50.1 Å². The van der Waals surface area contributed by atoms with Crippen LogP contribution in [0.2, 0.25) is 0 Å². The highest BCUT2D eigenvalue weighted by atomic mass is 32.1. The molecular formula is C18H22N6O4S. The van der Waals surface area contributed by atoms with Gasteiger partial charge in [-0.1, -0.05) is 5.11 Å². The van der Waals surface area contributed by atoms with Gasteiger partial charge in [-0.25, -0.2) is 0 Å². The standard InChI is InChI=1S/C18H22N6O4S/c1-12(25)20-7-4-8-24-13(10-21-23-19)11-29-18(24)22-17(26)15-6-5-14(27-2)9-16(15)28-3/h5-6,9,11H,4,7-8,10H2,1-3H3,(H,20,25). The minimum absolute atomic E-state index is 0.110. The first-order valence-electron chi connectivity index (χ1n) is 8.73. The van der Waals surface area contributed by atoms with E-state index in [2.05, 4.69) is 20.3 Å². The normalized spacial score (nSPS) is 10.9. The van der Waals surface area contributed by atoms with Crippen LogP contribution in [0.25, 0.3) is 10.4 Å². The van der Waals surface area contributed by atoms with Gasteiger partial charge in [-0.15, -0.1) is 11.3 Å². The molecule has 1 aromatic heterocycles. The third-order valence-electron chi connectivity index (χ3n) is 3.94. The highest BCUT2D eigenvalue weighted by molar-refractivity contribution is 7.07. The number of rotatable bonds is 9. The van der Waals surface area contributed by atoms with Gasteiger partial charge in [-0.3, -0.25) is 9.59 Å². The first kappa shape index (κ1) is 22.0. The van der Waals surface area contributed by atoms with Gasteiger partial charge in [-0.05, 0) is 24.1 Å². The van der Waals surface area contributed by atoms with E-state index in [0.29, 0.717) is 41.4 Å². The van der Waals surface area contributed by atoms with E-state index >= 15 is 0 Å². The maximum atomic E-state index is 12.8.